The molecule has 3 nitrogen and oxygen atoms in total. The number of nitrogens with one attached hydrogen (secondary N) is 1. The normalized spacial score (nSPS) is 15.8. The van der Waals surface area contributed by atoms with Gasteiger partial charge < -0.3 is 11.1 Å². The standard InChI is InChI=1S/C17H18ClN3.HI/c18-14-8-6-13(7-9-14)17(10-11-17)12-20-16(19)21-15-4-2-1-3-5-15;/h1-9H,10-12H2,(H3,19,20,21);1H. The van der Waals surface area contributed by atoms with Crippen molar-refractivity contribution in [2.24, 2.45) is 10.7 Å². The number of hydrogen-bond donors (Lipinski definition) is 2. The van der Waals surface area contributed by atoms with Crippen LogP contribution in [0.2, 0.25) is 5.02 Å². The van der Waals surface area contributed by atoms with Crippen LogP contribution in [0.25, 0.3) is 0 Å². The molecule has 0 bridgehead atoms. The zero-order chi connectivity index (χ0) is 14.7. The lowest BCUT2D eigenvalue weighted by Gasteiger charge is -2.14. The van der Waals surface area contributed by atoms with Gasteiger partial charge in [0.1, 0.15) is 0 Å². The van der Waals surface area contributed by atoms with Gasteiger partial charge in [0, 0.05) is 16.1 Å². The van der Waals surface area contributed by atoms with Crippen molar-refractivity contribution in [3.05, 3.63) is 65.2 Å². The molecule has 1 saturated carbocycles. The summed E-state index contributed by atoms with van der Waals surface area (Å²) in [6.45, 7) is 0.709. The van der Waals surface area contributed by atoms with Gasteiger partial charge in [0.2, 0.25) is 0 Å². The lowest BCUT2D eigenvalue weighted by Crippen LogP contribution is -2.24. The van der Waals surface area contributed by atoms with Crippen LogP contribution in [-0.4, -0.2) is 12.5 Å². The molecule has 0 amide bonds. The predicted octanol–water partition coefficient (Wildman–Crippen LogP) is 4.42. The SMILES string of the molecule is I.NC(=NCC1(c2ccc(Cl)cc2)CC1)Nc1ccccc1. The van der Waals surface area contributed by atoms with E-state index in [9.17, 15) is 0 Å². The van der Waals surface area contributed by atoms with Crippen molar-refractivity contribution in [2.45, 2.75) is 18.3 Å². The van der Waals surface area contributed by atoms with E-state index in [1.54, 1.807) is 0 Å². The summed E-state index contributed by atoms with van der Waals surface area (Å²) in [7, 11) is 0. The Morgan fingerprint density at radius 2 is 1.73 bits per heavy atom. The molecule has 2 aromatic rings. The molecule has 116 valence electrons. The van der Waals surface area contributed by atoms with Gasteiger partial charge in [-0.2, -0.15) is 0 Å². The summed E-state index contributed by atoms with van der Waals surface area (Å²) >= 11 is 5.94. The minimum absolute atomic E-state index is 0. The van der Waals surface area contributed by atoms with E-state index in [2.05, 4.69) is 22.4 Å². The van der Waals surface area contributed by atoms with Gasteiger partial charge in [0.25, 0.3) is 0 Å². The van der Waals surface area contributed by atoms with Crippen molar-refractivity contribution in [1.29, 1.82) is 0 Å². The van der Waals surface area contributed by atoms with Crippen LogP contribution in [0.4, 0.5) is 5.69 Å². The third kappa shape index (κ3) is 4.14. The van der Waals surface area contributed by atoms with Gasteiger partial charge in [-0.05, 0) is 42.7 Å². The van der Waals surface area contributed by atoms with E-state index in [0.717, 1.165) is 23.6 Å². The van der Waals surface area contributed by atoms with Crippen molar-refractivity contribution in [3.8, 4) is 0 Å². The van der Waals surface area contributed by atoms with Crippen LogP contribution in [0.3, 0.4) is 0 Å². The number of guanidine groups is 1. The van der Waals surface area contributed by atoms with Crippen molar-refractivity contribution < 1.29 is 0 Å². The molecule has 1 fully saturated rings. The van der Waals surface area contributed by atoms with Gasteiger partial charge in [0.05, 0.1) is 6.54 Å². The van der Waals surface area contributed by atoms with E-state index in [0.29, 0.717) is 12.5 Å². The number of aliphatic imine (C=N–C) groups is 1. The minimum Gasteiger partial charge on any atom is -0.370 e. The Hall–Kier alpha value is -1.27. The Balaban J connectivity index is 0.00000176. The van der Waals surface area contributed by atoms with E-state index in [-0.39, 0.29) is 29.4 Å². The highest BCUT2D eigenvalue weighted by Gasteiger charge is 2.44. The molecule has 3 rings (SSSR count). The van der Waals surface area contributed by atoms with Gasteiger partial charge in [-0.15, -0.1) is 24.0 Å². The average molecular weight is 428 g/mol. The fourth-order valence-corrected chi connectivity index (χ4v) is 2.56. The molecule has 0 heterocycles. The van der Waals surface area contributed by atoms with Gasteiger partial charge in [-0.25, -0.2) is 0 Å². The number of anilines is 1. The fourth-order valence-electron chi connectivity index (χ4n) is 2.44. The summed E-state index contributed by atoms with van der Waals surface area (Å²) in [6, 6.07) is 17.9. The maximum atomic E-state index is 5.96. The summed E-state index contributed by atoms with van der Waals surface area (Å²) < 4.78 is 0. The highest BCUT2D eigenvalue weighted by atomic mass is 127. The van der Waals surface area contributed by atoms with Crippen molar-refractivity contribution in [1.82, 2.24) is 0 Å². The maximum Gasteiger partial charge on any atom is 0.193 e. The largest absolute Gasteiger partial charge is 0.370 e. The number of benzene rings is 2. The number of nitrogens with two attached hydrogens (primary N) is 1. The molecule has 3 N–H and O–H groups in total. The maximum absolute atomic E-state index is 5.96. The molecule has 22 heavy (non-hydrogen) atoms. The Bertz CT molecular complexity index is 637. The Morgan fingerprint density at radius 1 is 1.09 bits per heavy atom. The summed E-state index contributed by atoms with van der Waals surface area (Å²) in [5.41, 5.74) is 8.36. The summed E-state index contributed by atoms with van der Waals surface area (Å²) in [5.74, 6) is 0.460. The van der Waals surface area contributed by atoms with E-state index >= 15 is 0 Å². The molecule has 1 aliphatic rings. The van der Waals surface area contributed by atoms with Gasteiger partial charge >= 0.3 is 0 Å². The van der Waals surface area contributed by atoms with Crippen LogP contribution in [0, 0.1) is 0 Å². The number of rotatable bonds is 4. The summed E-state index contributed by atoms with van der Waals surface area (Å²) in [6.07, 6.45) is 2.30. The van der Waals surface area contributed by atoms with Crippen LogP contribution < -0.4 is 11.1 Å². The molecule has 0 atom stereocenters. The first-order chi connectivity index (χ1) is 10.2. The second-order valence-corrected chi connectivity index (χ2v) is 5.92. The Morgan fingerprint density at radius 3 is 2.32 bits per heavy atom. The molecule has 0 unspecified atom stereocenters. The Labute approximate surface area is 153 Å². The quantitative estimate of drug-likeness (QED) is 0.431. The zero-order valence-corrected chi connectivity index (χ0v) is 15.2. The minimum atomic E-state index is 0. The zero-order valence-electron chi connectivity index (χ0n) is 12.1. The van der Waals surface area contributed by atoms with Crippen molar-refractivity contribution >= 4 is 47.2 Å². The molecule has 0 aliphatic heterocycles. The van der Waals surface area contributed by atoms with Crippen LogP contribution in [-0.2, 0) is 5.41 Å². The van der Waals surface area contributed by atoms with E-state index in [4.69, 9.17) is 17.3 Å². The molecule has 1 aliphatic carbocycles. The van der Waals surface area contributed by atoms with E-state index in [1.807, 2.05) is 42.5 Å². The fraction of sp³-hybridized carbons (Fsp3) is 0.235. The first-order valence-corrected chi connectivity index (χ1v) is 7.44. The lowest BCUT2D eigenvalue weighted by molar-refractivity contribution is 0.705. The van der Waals surface area contributed by atoms with E-state index < -0.39 is 0 Å². The lowest BCUT2D eigenvalue weighted by atomic mass is 9.96. The summed E-state index contributed by atoms with van der Waals surface area (Å²) in [4.78, 5) is 4.50. The number of halogens is 2. The second-order valence-electron chi connectivity index (χ2n) is 5.48. The smallest absolute Gasteiger partial charge is 0.193 e. The molecular weight excluding hydrogens is 409 g/mol. The van der Waals surface area contributed by atoms with Crippen molar-refractivity contribution in [2.75, 3.05) is 11.9 Å². The topological polar surface area (TPSA) is 50.4 Å². The second kappa shape index (κ2) is 7.33. The third-order valence-electron chi connectivity index (χ3n) is 3.91. The molecule has 5 heteroatoms. The van der Waals surface area contributed by atoms with Gasteiger partial charge in [0.15, 0.2) is 5.96 Å². The molecule has 0 aromatic heterocycles. The van der Waals surface area contributed by atoms with Crippen LogP contribution in [0.15, 0.2) is 59.6 Å². The molecule has 0 radical (unpaired) electrons. The van der Waals surface area contributed by atoms with Crippen molar-refractivity contribution in [3.63, 3.8) is 0 Å². The van der Waals surface area contributed by atoms with Crippen LogP contribution >= 0.6 is 35.6 Å². The molecule has 0 saturated heterocycles. The number of hydrogen-bond acceptors (Lipinski definition) is 1. The number of nitrogens with zero attached hydrogens (tertiary/aromatic N) is 1. The molecule has 2 aromatic carbocycles. The first-order valence-electron chi connectivity index (χ1n) is 7.06. The monoisotopic (exact) mass is 427 g/mol. The highest BCUT2D eigenvalue weighted by molar-refractivity contribution is 14.0. The van der Waals surface area contributed by atoms with Crippen LogP contribution in [0.5, 0.6) is 0 Å². The highest BCUT2D eigenvalue weighted by Crippen LogP contribution is 2.48. The van der Waals surface area contributed by atoms with Crippen LogP contribution in [0.1, 0.15) is 18.4 Å². The molecule has 0 spiro atoms. The molecular formula is C17H19ClIN3. The number of para-hydroxylation sites is 1. The Kier molecular flexibility index (Phi) is 5.69. The predicted molar refractivity (Wildman–Crippen MR) is 104 cm³/mol. The first kappa shape index (κ1) is 17.1. The summed E-state index contributed by atoms with van der Waals surface area (Å²) in [5, 5.41) is 3.88. The van der Waals surface area contributed by atoms with Gasteiger partial charge in [-0.3, -0.25) is 4.99 Å². The average Bonchev–Trinajstić information content (AvgIpc) is 3.28. The van der Waals surface area contributed by atoms with Gasteiger partial charge in [-0.1, -0.05) is 41.9 Å². The third-order valence-corrected chi connectivity index (χ3v) is 4.16. The van der Waals surface area contributed by atoms with E-state index in [1.165, 1.54) is 5.56 Å².